The van der Waals surface area contributed by atoms with Gasteiger partial charge in [-0.25, -0.2) is 0 Å². The SMILES string of the molecule is CCCNC(c1cccc(Cl)c1)C1CCCCC1(C)C. The van der Waals surface area contributed by atoms with Gasteiger partial charge < -0.3 is 5.32 Å². The Morgan fingerprint density at radius 2 is 2.15 bits per heavy atom. The van der Waals surface area contributed by atoms with E-state index in [1.165, 1.54) is 37.7 Å². The Morgan fingerprint density at radius 3 is 2.80 bits per heavy atom. The van der Waals surface area contributed by atoms with E-state index >= 15 is 0 Å². The lowest BCUT2D eigenvalue weighted by Gasteiger charge is -2.44. The molecule has 0 amide bonds. The molecule has 0 spiro atoms. The summed E-state index contributed by atoms with van der Waals surface area (Å²) in [5, 5.41) is 4.63. The van der Waals surface area contributed by atoms with Gasteiger partial charge in [-0.2, -0.15) is 0 Å². The zero-order chi connectivity index (χ0) is 14.6. The van der Waals surface area contributed by atoms with E-state index in [1.807, 2.05) is 6.07 Å². The van der Waals surface area contributed by atoms with Crippen molar-refractivity contribution in [1.82, 2.24) is 5.32 Å². The maximum absolute atomic E-state index is 6.21. The van der Waals surface area contributed by atoms with Crippen LogP contribution in [-0.2, 0) is 0 Å². The van der Waals surface area contributed by atoms with Crippen molar-refractivity contribution in [3.05, 3.63) is 34.9 Å². The van der Waals surface area contributed by atoms with Gasteiger partial charge in [0.2, 0.25) is 0 Å². The zero-order valence-electron chi connectivity index (χ0n) is 13.1. The normalized spacial score (nSPS) is 23.5. The molecular weight excluding hydrogens is 266 g/mol. The van der Waals surface area contributed by atoms with Gasteiger partial charge in [0, 0.05) is 11.1 Å². The maximum atomic E-state index is 6.21. The van der Waals surface area contributed by atoms with E-state index in [1.54, 1.807) is 0 Å². The van der Waals surface area contributed by atoms with Crippen molar-refractivity contribution in [1.29, 1.82) is 0 Å². The van der Waals surface area contributed by atoms with Gasteiger partial charge in [-0.15, -0.1) is 0 Å². The molecule has 0 aliphatic heterocycles. The second kappa shape index (κ2) is 6.95. The maximum Gasteiger partial charge on any atom is 0.0409 e. The van der Waals surface area contributed by atoms with E-state index in [2.05, 4.69) is 44.3 Å². The minimum absolute atomic E-state index is 0.409. The molecule has 2 unspecified atom stereocenters. The molecule has 1 N–H and O–H groups in total. The highest BCUT2D eigenvalue weighted by Crippen LogP contribution is 2.46. The van der Waals surface area contributed by atoms with Crippen molar-refractivity contribution in [2.75, 3.05) is 6.54 Å². The quantitative estimate of drug-likeness (QED) is 0.745. The standard InChI is InChI=1S/C18H28ClN/c1-4-12-20-17(14-8-7-9-15(19)13-14)16-10-5-6-11-18(16,2)3/h7-9,13,16-17,20H,4-6,10-12H2,1-3H3. The summed E-state index contributed by atoms with van der Waals surface area (Å²) in [6, 6.07) is 8.84. The van der Waals surface area contributed by atoms with Gasteiger partial charge in [0.1, 0.15) is 0 Å². The van der Waals surface area contributed by atoms with E-state index < -0.39 is 0 Å². The first-order valence-corrected chi connectivity index (χ1v) is 8.41. The average Bonchev–Trinajstić information content (AvgIpc) is 2.40. The fraction of sp³-hybridized carbons (Fsp3) is 0.667. The van der Waals surface area contributed by atoms with Crippen LogP contribution < -0.4 is 5.32 Å². The zero-order valence-corrected chi connectivity index (χ0v) is 13.8. The summed E-state index contributed by atoms with van der Waals surface area (Å²) in [5.41, 5.74) is 1.76. The monoisotopic (exact) mass is 293 g/mol. The second-order valence-corrected chi connectivity index (χ2v) is 7.26. The molecule has 1 aliphatic carbocycles. The molecule has 0 radical (unpaired) electrons. The fourth-order valence-corrected chi connectivity index (χ4v) is 3.83. The van der Waals surface area contributed by atoms with Crippen molar-refractivity contribution in [3.63, 3.8) is 0 Å². The Kier molecular flexibility index (Phi) is 5.51. The minimum Gasteiger partial charge on any atom is -0.310 e. The van der Waals surface area contributed by atoms with Gasteiger partial charge in [0.15, 0.2) is 0 Å². The fourth-order valence-electron chi connectivity index (χ4n) is 3.63. The minimum atomic E-state index is 0.409. The van der Waals surface area contributed by atoms with Gasteiger partial charge in [-0.1, -0.05) is 57.3 Å². The highest BCUT2D eigenvalue weighted by Gasteiger charge is 2.37. The summed E-state index contributed by atoms with van der Waals surface area (Å²) in [7, 11) is 0. The smallest absolute Gasteiger partial charge is 0.0409 e. The van der Waals surface area contributed by atoms with E-state index in [4.69, 9.17) is 11.6 Å². The molecule has 1 nitrogen and oxygen atoms in total. The van der Waals surface area contributed by atoms with Crippen molar-refractivity contribution < 1.29 is 0 Å². The molecule has 1 aromatic carbocycles. The van der Waals surface area contributed by atoms with Crippen LogP contribution in [0.5, 0.6) is 0 Å². The van der Waals surface area contributed by atoms with Crippen molar-refractivity contribution in [3.8, 4) is 0 Å². The third-order valence-corrected chi connectivity index (χ3v) is 5.05. The third-order valence-electron chi connectivity index (χ3n) is 4.81. The first-order chi connectivity index (χ1) is 9.54. The number of nitrogens with one attached hydrogen (secondary N) is 1. The molecular formula is C18H28ClN. The summed E-state index contributed by atoms with van der Waals surface area (Å²) in [5.74, 6) is 0.696. The molecule has 1 aromatic rings. The third kappa shape index (κ3) is 3.77. The number of benzene rings is 1. The van der Waals surface area contributed by atoms with Crippen LogP contribution in [0.15, 0.2) is 24.3 Å². The molecule has 2 atom stereocenters. The van der Waals surface area contributed by atoms with Crippen LogP contribution in [-0.4, -0.2) is 6.54 Å². The van der Waals surface area contributed by atoms with Gasteiger partial charge in [0.25, 0.3) is 0 Å². The van der Waals surface area contributed by atoms with E-state index in [-0.39, 0.29) is 0 Å². The predicted octanol–water partition coefficient (Wildman–Crippen LogP) is 5.60. The van der Waals surface area contributed by atoms with Crippen LogP contribution in [0.3, 0.4) is 0 Å². The summed E-state index contributed by atoms with van der Waals surface area (Å²) in [6.45, 7) is 8.17. The topological polar surface area (TPSA) is 12.0 Å². The summed E-state index contributed by atoms with van der Waals surface area (Å²) >= 11 is 6.21. The van der Waals surface area contributed by atoms with Crippen LogP contribution in [0.4, 0.5) is 0 Å². The summed E-state index contributed by atoms with van der Waals surface area (Å²) in [4.78, 5) is 0. The largest absolute Gasteiger partial charge is 0.310 e. The lowest BCUT2D eigenvalue weighted by Crippen LogP contribution is -2.39. The summed E-state index contributed by atoms with van der Waals surface area (Å²) < 4.78 is 0. The van der Waals surface area contributed by atoms with Gasteiger partial charge in [-0.05, 0) is 54.8 Å². The Balaban J connectivity index is 2.26. The van der Waals surface area contributed by atoms with Crippen LogP contribution in [0, 0.1) is 11.3 Å². The Morgan fingerprint density at radius 1 is 1.35 bits per heavy atom. The summed E-state index contributed by atoms with van der Waals surface area (Å²) in [6.07, 6.45) is 6.56. The van der Waals surface area contributed by atoms with E-state index in [0.29, 0.717) is 17.4 Å². The number of hydrogen-bond donors (Lipinski definition) is 1. The van der Waals surface area contributed by atoms with Crippen molar-refractivity contribution in [2.24, 2.45) is 11.3 Å². The molecule has 2 rings (SSSR count). The Labute approximate surface area is 129 Å². The molecule has 1 saturated carbocycles. The molecule has 0 aromatic heterocycles. The van der Waals surface area contributed by atoms with Crippen molar-refractivity contribution in [2.45, 2.75) is 58.9 Å². The van der Waals surface area contributed by atoms with Crippen LogP contribution in [0.2, 0.25) is 5.02 Å². The Bertz CT molecular complexity index is 427. The Hall–Kier alpha value is -0.530. The van der Waals surface area contributed by atoms with Crippen LogP contribution in [0.25, 0.3) is 0 Å². The molecule has 1 aliphatic rings. The average molecular weight is 294 g/mol. The van der Waals surface area contributed by atoms with Gasteiger partial charge >= 0.3 is 0 Å². The molecule has 0 saturated heterocycles. The lowest BCUT2D eigenvalue weighted by molar-refractivity contribution is 0.0982. The molecule has 0 bridgehead atoms. The molecule has 2 heteroatoms. The second-order valence-electron chi connectivity index (χ2n) is 6.83. The van der Waals surface area contributed by atoms with Gasteiger partial charge in [0.05, 0.1) is 0 Å². The lowest BCUT2D eigenvalue weighted by atomic mass is 9.65. The molecule has 20 heavy (non-hydrogen) atoms. The number of halogens is 1. The first-order valence-electron chi connectivity index (χ1n) is 8.03. The number of hydrogen-bond acceptors (Lipinski definition) is 1. The van der Waals surface area contributed by atoms with Crippen molar-refractivity contribution >= 4 is 11.6 Å². The molecule has 0 heterocycles. The van der Waals surface area contributed by atoms with Crippen LogP contribution >= 0.6 is 11.6 Å². The number of rotatable bonds is 5. The first kappa shape index (κ1) is 15.9. The van der Waals surface area contributed by atoms with E-state index in [9.17, 15) is 0 Å². The highest BCUT2D eigenvalue weighted by molar-refractivity contribution is 6.30. The van der Waals surface area contributed by atoms with E-state index in [0.717, 1.165) is 11.6 Å². The molecule has 112 valence electrons. The highest BCUT2D eigenvalue weighted by atomic mass is 35.5. The van der Waals surface area contributed by atoms with Crippen LogP contribution in [0.1, 0.15) is 64.5 Å². The molecule has 1 fully saturated rings. The van der Waals surface area contributed by atoms with Gasteiger partial charge in [-0.3, -0.25) is 0 Å². The predicted molar refractivity (Wildman–Crippen MR) is 88.2 cm³/mol.